The summed E-state index contributed by atoms with van der Waals surface area (Å²) < 4.78 is 10.6. The molecule has 6 nitrogen and oxygen atoms in total. The van der Waals surface area contributed by atoms with E-state index in [4.69, 9.17) is 9.26 Å². The normalized spacial score (nSPS) is 10.4. The van der Waals surface area contributed by atoms with E-state index in [0.717, 1.165) is 17.0 Å². The Morgan fingerprint density at radius 1 is 1.15 bits per heavy atom. The van der Waals surface area contributed by atoms with Crippen LogP contribution in [-0.2, 0) is 6.54 Å². The number of anilines is 1. The van der Waals surface area contributed by atoms with E-state index < -0.39 is 0 Å². The highest BCUT2D eigenvalue weighted by Crippen LogP contribution is 2.24. The van der Waals surface area contributed by atoms with Gasteiger partial charge in [0.2, 0.25) is 0 Å². The molecule has 134 valence electrons. The van der Waals surface area contributed by atoms with Crippen LogP contribution in [0.4, 0.5) is 5.69 Å². The molecule has 0 radical (unpaired) electrons. The van der Waals surface area contributed by atoms with Crippen LogP contribution in [0.25, 0.3) is 11.3 Å². The summed E-state index contributed by atoms with van der Waals surface area (Å²) in [6.45, 7) is 0.293. The Hall–Kier alpha value is -3.28. The van der Waals surface area contributed by atoms with Crippen LogP contribution in [0.15, 0.2) is 59.1 Å². The van der Waals surface area contributed by atoms with Gasteiger partial charge in [0.05, 0.1) is 13.7 Å². The fourth-order valence-corrected chi connectivity index (χ4v) is 2.49. The average molecular weight is 351 g/mol. The minimum atomic E-state index is -0.152. The molecular weight excluding hydrogens is 330 g/mol. The maximum absolute atomic E-state index is 12.3. The number of amides is 1. The van der Waals surface area contributed by atoms with Crippen LogP contribution in [-0.4, -0.2) is 32.3 Å². The molecule has 0 atom stereocenters. The topological polar surface area (TPSA) is 67.6 Å². The van der Waals surface area contributed by atoms with Crippen LogP contribution in [0.2, 0.25) is 0 Å². The minimum Gasteiger partial charge on any atom is -0.497 e. The van der Waals surface area contributed by atoms with Gasteiger partial charge in [-0.05, 0) is 36.4 Å². The molecule has 0 fully saturated rings. The summed E-state index contributed by atoms with van der Waals surface area (Å²) in [6, 6.07) is 16.8. The molecule has 0 saturated heterocycles. The van der Waals surface area contributed by atoms with E-state index in [2.05, 4.69) is 10.5 Å². The number of benzene rings is 2. The highest BCUT2D eigenvalue weighted by atomic mass is 16.5. The van der Waals surface area contributed by atoms with E-state index in [1.165, 1.54) is 0 Å². The van der Waals surface area contributed by atoms with Gasteiger partial charge in [0.1, 0.15) is 11.4 Å². The molecule has 0 aliphatic carbocycles. The fourth-order valence-electron chi connectivity index (χ4n) is 2.49. The lowest BCUT2D eigenvalue weighted by atomic mass is 10.1. The first kappa shape index (κ1) is 17.5. The smallest absolute Gasteiger partial charge is 0.251 e. The molecule has 0 bridgehead atoms. The number of carbonyl (C=O) groups excluding carboxylic acids is 1. The molecular formula is C20H21N3O3. The summed E-state index contributed by atoms with van der Waals surface area (Å²) in [5.41, 5.74) is 3.17. The standard InChI is InChI=1S/C20H21N3O3/c1-23(2)17-9-7-14(8-10-17)20(24)21-13-16-12-19(26-22-16)15-5-4-6-18(11-15)25-3/h4-12H,13H2,1-3H3,(H,21,24). The van der Waals surface area contributed by atoms with Gasteiger partial charge in [0.15, 0.2) is 5.76 Å². The summed E-state index contributed by atoms with van der Waals surface area (Å²) in [5, 5.41) is 6.87. The van der Waals surface area contributed by atoms with Crippen molar-refractivity contribution >= 4 is 11.6 Å². The zero-order valence-corrected chi connectivity index (χ0v) is 15.0. The molecule has 3 aromatic rings. The van der Waals surface area contributed by atoms with Crippen molar-refractivity contribution in [3.05, 3.63) is 65.9 Å². The maximum atomic E-state index is 12.3. The third-order valence-electron chi connectivity index (χ3n) is 3.99. The molecule has 0 aliphatic rings. The predicted octanol–water partition coefficient (Wildman–Crippen LogP) is 3.35. The highest BCUT2D eigenvalue weighted by Gasteiger charge is 2.10. The van der Waals surface area contributed by atoms with Gasteiger partial charge in [-0.3, -0.25) is 4.79 Å². The first-order valence-corrected chi connectivity index (χ1v) is 8.22. The van der Waals surface area contributed by atoms with E-state index in [0.29, 0.717) is 23.6 Å². The van der Waals surface area contributed by atoms with Gasteiger partial charge in [-0.25, -0.2) is 0 Å². The number of hydrogen-bond acceptors (Lipinski definition) is 5. The second-order valence-corrected chi connectivity index (χ2v) is 6.04. The van der Waals surface area contributed by atoms with Gasteiger partial charge in [0, 0.05) is 37.0 Å². The number of hydrogen-bond donors (Lipinski definition) is 1. The second kappa shape index (κ2) is 7.74. The number of nitrogens with zero attached hydrogens (tertiary/aromatic N) is 2. The first-order chi connectivity index (χ1) is 12.6. The molecule has 1 amide bonds. The Labute approximate surface area is 152 Å². The van der Waals surface area contributed by atoms with Crippen LogP contribution in [0.1, 0.15) is 16.1 Å². The molecule has 0 saturated carbocycles. The van der Waals surface area contributed by atoms with Gasteiger partial charge in [-0.2, -0.15) is 0 Å². The van der Waals surface area contributed by atoms with Crippen molar-refractivity contribution < 1.29 is 14.1 Å². The largest absolute Gasteiger partial charge is 0.497 e. The molecule has 1 heterocycles. The minimum absolute atomic E-state index is 0.152. The fraction of sp³-hybridized carbons (Fsp3) is 0.200. The van der Waals surface area contributed by atoms with Crippen molar-refractivity contribution in [2.45, 2.75) is 6.54 Å². The zero-order valence-electron chi connectivity index (χ0n) is 15.0. The molecule has 6 heteroatoms. The van der Waals surface area contributed by atoms with Crippen molar-refractivity contribution in [3.8, 4) is 17.1 Å². The lowest BCUT2D eigenvalue weighted by Gasteiger charge is -2.12. The van der Waals surface area contributed by atoms with Crippen LogP contribution < -0.4 is 15.0 Å². The van der Waals surface area contributed by atoms with E-state index in [1.807, 2.05) is 61.5 Å². The van der Waals surface area contributed by atoms with Crippen LogP contribution >= 0.6 is 0 Å². The quantitative estimate of drug-likeness (QED) is 0.738. The molecule has 0 unspecified atom stereocenters. The summed E-state index contributed by atoms with van der Waals surface area (Å²) in [7, 11) is 5.53. The van der Waals surface area contributed by atoms with Gasteiger partial charge in [0.25, 0.3) is 5.91 Å². The van der Waals surface area contributed by atoms with Gasteiger partial charge >= 0.3 is 0 Å². The van der Waals surface area contributed by atoms with Crippen molar-refractivity contribution in [1.29, 1.82) is 0 Å². The number of ether oxygens (including phenoxy) is 1. The molecule has 1 aromatic heterocycles. The van der Waals surface area contributed by atoms with E-state index in [-0.39, 0.29) is 5.91 Å². The Balaban J connectivity index is 1.63. The zero-order chi connectivity index (χ0) is 18.5. The lowest BCUT2D eigenvalue weighted by molar-refractivity contribution is 0.0950. The van der Waals surface area contributed by atoms with E-state index in [9.17, 15) is 4.79 Å². The summed E-state index contributed by atoms with van der Waals surface area (Å²) in [4.78, 5) is 14.2. The number of carbonyl (C=O) groups is 1. The maximum Gasteiger partial charge on any atom is 0.251 e. The summed E-state index contributed by atoms with van der Waals surface area (Å²) >= 11 is 0. The Morgan fingerprint density at radius 3 is 2.62 bits per heavy atom. The molecule has 26 heavy (non-hydrogen) atoms. The van der Waals surface area contributed by atoms with Gasteiger partial charge in [-0.15, -0.1) is 0 Å². The van der Waals surface area contributed by atoms with Gasteiger partial charge < -0.3 is 19.5 Å². The Bertz CT molecular complexity index is 885. The third-order valence-corrected chi connectivity index (χ3v) is 3.99. The third kappa shape index (κ3) is 4.03. The highest BCUT2D eigenvalue weighted by molar-refractivity contribution is 5.94. The van der Waals surface area contributed by atoms with Crippen LogP contribution in [0.3, 0.4) is 0 Å². The van der Waals surface area contributed by atoms with Gasteiger partial charge in [-0.1, -0.05) is 17.3 Å². The second-order valence-electron chi connectivity index (χ2n) is 6.04. The molecule has 3 rings (SSSR count). The molecule has 1 N–H and O–H groups in total. The van der Waals surface area contributed by atoms with Crippen LogP contribution in [0.5, 0.6) is 5.75 Å². The van der Waals surface area contributed by atoms with Crippen molar-refractivity contribution in [2.75, 3.05) is 26.1 Å². The number of methoxy groups -OCH3 is 1. The molecule has 0 spiro atoms. The number of rotatable bonds is 6. The molecule has 2 aromatic carbocycles. The number of nitrogens with one attached hydrogen (secondary N) is 1. The summed E-state index contributed by atoms with van der Waals surface area (Å²) in [6.07, 6.45) is 0. The van der Waals surface area contributed by atoms with Crippen molar-refractivity contribution in [1.82, 2.24) is 10.5 Å². The van der Waals surface area contributed by atoms with Crippen molar-refractivity contribution in [2.24, 2.45) is 0 Å². The van der Waals surface area contributed by atoms with Crippen LogP contribution in [0, 0.1) is 0 Å². The summed E-state index contributed by atoms with van der Waals surface area (Å²) in [5.74, 6) is 1.22. The van der Waals surface area contributed by atoms with E-state index >= 15 is 0 Å². The Kier molecular flexibility index (Phi) is 5.22. The SMILES string of the molecule is COc1cccc(-c2cc(CNC(=O)c3ccc(N(C)C)cc3)no2)c1. The van der Waals surface area contributed by atoms with E-state index in [1.54, 1.807) is 19.2 Å². The predicted molar refractivity (Wildman–Crippen MR) is 100 cm³/mol. The first-order valence-electron chi connectivity index (χ1n) is 8.22. The average Bonchev–Trinajstić information content (AvgIpc) is 3.15. The van der Waals surface area contributed by atoms with Crippen molar-refractivity contribution in [3.63, 3.8) is 0 Å². The Morgan fingerprint density at radius 2 is 1.92 bits per heavy atom. The molecule has 0 aliphatic heterocycles. The number of aromatic nitrogens is 1. The monoisotopic (exact) mass is 351 g/mol. The lowest BCUT2D eigenvalue weighted by Crippen LogP contribution is -2.23.